The second-order valence-electron chi connectivity index (χ2n) is 7.18. The Morgan fingerprint density at radius 3 is 2.05 bits per heavy atom. The number of carboxylic acids is 1. The smallest absolute Gasteiger partial charge is 0.407 e. The van der Waals surface area contributed by atoms with Gasteiger partial charge in [0.05, 0.1) is 5.92 Å². The summed E-state index contributed by atoms with van der Waals surface area (Å²) in [7, 11) is 0. The molecule has 0 saturated heterocycles. The third-order valence-electron chi connectivity index (χ3n) is 2.93. The number of rotatable bonds is 6. The van der Waals surface area contributed by atoms with Crippen molar-refractivity contribution in [3.8, 4) is 0 Å². The van der Waals surface area contributed by atoms with Crippen molar-refractivity contribution in [2.75, 3.05) is 6.54 Å². The molecule has 0 fully saturated rings. The van der Waals surface area contributed by atoms with Crippen LogP contribution in [-0.2, 0) is 9.53 Å². The zero-order valence-electron chi connectivity index (χ0n) is 13.6. The van der Waals surface area contributed by atoms with E-state index in [1.54, 1.807) is 0 Å². The summed E-state index contributed by atoms with van der Waals surface area (Å²) in [6, 6.07) is 0. The first-order valence-corrected chi connectivity index (χ1v) is 7.13. The number of hydrogen-bond acceptors (Lipinski definition) is 3. The third kappa shape index (κ3) is 8.77. The molecule has 118 valence electrons. The highest BCUT2D eigenvalue weighted by atomic mass is 16.6. The zero-order valence-corrected chi connectivity index (χ0v) is 13.6. The van der Waals surface area contributed by atoms with Crippen LogP contribution in [0.5, 0.6) is 0 Å². The van der Waals surface area contributed by atoms with Gasteiger partial charge >= 0.3 is 12.1 Å². The summed E-state index contributed by atoms with van der Waals surface area (Å²) in [4.78, 5) is 22.6. The molecule has 1 atom stereocenters. The van der Waals surface area contributed by atoms with E-state index < -0.39 is 17.7 Å². The Hall–Kier alpha value is -1.26. The number of carboxylic acid groups (broad SMARTS) is 1. The summed E-state index contributed by atoms with van der Waals surface area (Å²) in [6.45, 7) is 11.7. The molecule has 1 amide bonds. The van der Waals surface area contributed by atoms with E-state index in [4.69, 9.17) is 4.74 Å². The zero-order chi connectivity index (χ0) is 16.0. The monoisotopic (exact) mass is 287 g/mol. The minimum atomic E-state index is -0.752. The molecule has 0 aliphatic carbocycles. The van der Waals surface area contributed by atoms with Crippen LogP contribution in [0, 0.1) is 11.3 Å². The molecule has 0 aromatic heterocycles. The highest BCUT2D eigenvalue weighted by Gasteiger charge is 2.30. The van der Waals surface area contributed by atoms with Crippen LogP contribution >= 0.6 is 0 Å². The number of carbonyl (C=O) groups is 2. The van der Waals surface area contributed by atoms with Gasteiger partial charge < -0.3 is 15.2 Å². The third-order valence-corrected chi connectivity index (χ3v) is 2.93. The molecule has 0 spiro atoms. The molecular weight excluding hydrogens is 258 g/mol. The van der Waals surface area contributed by atoms with E-state index >= 15 is 0 Å². The lowest BCUT2D eigenvalue weighted by atomic mass is 9.78. The number of amides is 1. The molecule has 0 bridgehead atoms. The van der Waals surface area contributed by atoms with E-state index in [9.17, 15) is 14.7 Å². The molecule has 20 heavy (non-hydrogen) atoms. The number of hydrogen-bond donors (Lipinski definition) is 2. The van der Waals surface area contributed by atoms with Crippen molar-refractivity contribution in [1.29, 1.82) is 0 Å². The number of ether oxygens (including phenoxy) is 1. The summed E-state index contributed by atoms with van der Waals surface area (Å²) < 4.78 is 5.11. The Morgan fingerprint density at radius 2 is 1.65 bits per heavy atom. The lowest BCUT2D eigenvalue weighted by Gasteiger charge is -2.27. The maximum Gasteiger partial charge on any atom is 0.407 e. The molecule has 2 N–H and O–H groups in total. The van der Waals surface area contributed by atoms with Gasteiger partial charge in [-0.3, -0.25) is 4.79 Å². The van der Waals surface area contributed by atoms with Crippen LogP contribution in [0.25, 0.3) is 0 Å². The molecule has 0 rings (SSSR count). The number of unbranched alkanes of at least 4 members (excludes halogenated alkanes) is 1. The Kier molecular flexibility index (Phi) is 7.03. The standard InChI is InChI=1S/C15H29NO4/c1-14(2,3)11(12(17)18)9-7-8-10-16-13(19)20-15(4,5)6/h11H,7-10H2,1-6H3,(H,16,19)(H,17,18). The molecule has 5 nitrogen and oxygen atoms in total. The van der Waals surface area contributed by atoms with E-state index in [1.807, 2.05) is 41.5 Å². The normalized spacial score (nSPS) is 13.7. The molecule has 0 aliphatic heterocycles. The van der Waals surface area contributed by atoms with Crippen LogP contribution < -0.4 is 5.32 Å². The van der Waals surface area contributed by atoms with Gasteiger partial charge in [-0.1, -0.05) is 27.2 Å². The van der Waals surface area contributed by atoms with Crippen molar-refractivity contribution in [1.82, 2.24) is 5.32 Å². The van der Waals surface area contributed by atoms with Crippen LogP contribution in [0.4, 0.5) is 4.79 Å². The maximum absolute atomic E-state index is 11.4. The van der Waals surface area contributed by atoms with Crippen molar-refractivity contribution in [2.24, 2.45) is 11.3 Å². The van der Waals surface area contributed by atoms with Gasteiger partial charge in [-0.15, -0.1) is 0 Å². The predicted octanol–water partition coefficient (Wildman–Crippen LogP) is 3.43. The fourth-order valence-corrected chi connectivity index (χ4v) is 1.91. The van der Waals surface area contributed by atoms with Crippen LogP contribution in [0.3, 0.4) is 0 Å². The van der Waals surface area contributed by atoms with Gasteiger partial charge in [-0.05, 0) is 39.0 Å². The van der Waals surface area contributed by atoms with Gasteiger partial charge in [0, 0.05) is 6.54 Å². The number of aliphatic carboxylic acids is 1. The highest BCUT2D eigenvalue weighted by Crippen LogP contribution is 2.30. The lowest BCUT2D eigenvalue weighted by molar-refractivity contribution is -0.145. The minimum Gasteiger partial charge on any atom is -0.481 e. The molecule has 0 aliphatic rings. The molecule has 0 aromatic rings. The number of nitrogens with one attached hydrogen (secondary N) is 1. The van der Waals surface area contributed by atoms with E-state index in [0.717, 1.165) is 12.8 Å². The van der Waals surface area contributed by atoms with Gasteiger partial charge in [0.1, 0.15) is 5.60 Å². The molecule has 0 saturated carbocycles. The number of carbonyl (C=O) groups excluding carboxylic acids is 1. The fourth-order valence-electron chi connectivity index (χ4n) is 1.91. The molecule has 0 heterocycles. The second kappa shape index (κ2) is 7.50. The Balaban J connectivity index is 3.92. The molecule has 0 radical (unpaired) electrons. The SMILES string of the molecule is CC(C)(C)OC(=O)NCCCCC(C(=O)O)C(C)(C)C. The quantitative estimate of drug-likeness (QED) is 0.734. The van der Waals surface area contributed by atoms with E-state index in [1.165, 1.54) is 0 Å². The molecule has 1 unspecified atom stereocenters. The Bertz CT molecular complexity index is 326. The average molecular weight is 287 g/mol. The van der Waals surface area contributed by atoms with Crippen LogP contribution in [0.15, 0.2) is 0 Å². The summed E-state index contributed by atoms with van der Waals surface area (Å²) in [6.07, 6.45) is 1.71. The molecule has 0 aromatic carbocycles. The summed E-state index contributed by atoms with van der Waals surface area (Å²) >= 11 is 0. The largest absolute Gasteiger partial charge is 0.481 e. The Labute approximate surface area is 122 Å². The first-order valence-electron chi connectivity index (χ1n) is 7.13. The minimum absolute atomic E-state index is 0.246. The summed E-state index contributed by atoms with van der Waals surface area (Å²) in [5, 5.41) is 11.9. The van der Waals surface area contributed by atoms with E-state index in [2.05, 4.69) is 5.32 Å². The van der Waals surface area contributed by atoms with Crippen molar-refractivity contribution < 1.29 is 19.4 Å². The second-order valence-corrected chi connectivity index (χ2v) is 7.18. The van der Waals surface area contributed by atoms with Crippen molar-refractivity contribution >= 4 is 12.1 Å². The fraction of sp³-hybridized carbons (Fsp3) is 0.867. The van der Waals surface area contributed by atoms with E-state index in [-0.39, 0.29) is 11.3 Å². The summed E-state index contributed by atoms with van der Waals surface area (Å²) in [5.41, 5.74) is -0.741. The van der Waals surface area contributed by atoms with Crippen molar-refractivity contribution in [3.05, 3.63) is 0 Å². The van der Waals surface area contributed by atoms with Gasteiger partial charge in [-0.25, -0.2) is 4.79 Å². The number of alkyl carbamates (subject to hydrolysis) is 1. The summed E-state index contributed by atoms with van der Waals surface area (Å²) in [5.74, 6) is -1.11. The lowest BCUT2D eigenvalue weighted by Crippen LogP contribution is -2.33. The van der Waals surface area contributed by atoms with Crippen molar-refractivity contribution in [2.45, 2.75) is 66.4 Å². The van der Waals surface area contributed by atoms with Crippen LogP contribution in [-0.4, -0.2) is 29.3 Å². The highest BCUT2D eigenvalue weighted by molar-refractivity contribution is 5.70. The van der Waals surface area contributed by atoms with Gasteiger partial charge in [0.25, 0.3) is 0 Å². The van der Waals surface area contributed by atoms with Gasteiger partial charge in [0.2, 0.25) is 0 Å². The first-order chi connectivity index (χ1) is 8.93. The van der Waals surface area contributed by atoms with Crippen molar-refractivity contribution in [3.63, 3.8) is 0 Å². The van der Waals surface area contributed by atoms with E-state index in [0.29, 0.717) is 13.0 Å². The average Bonchev–Trinajstić information content (AvgIpc) is 2.17. The Morgan fingerprint density at radius 1 is 1.10 bits per heavy atom. The van der Waals surface area contributed by atoms with Crippen LogP contribution in [0.2, 0.25) is 0 Å². The maximum atomic E-state index is 11.4. The molecular formula is C15H29NO4. The van der Waals surface area contributed by atoms with Gasteiger partial charge in [0.15, 0.2) is 0 Å². The molecule has 5 heteroatoms. The predicted molar refractivity (Wildman–Crippen MR) is 78.7 cm³/mol. The van der Waals surface area contributed by atoms with Crippen LogP contribution in [0.1, 0.15) is 60.8 Å². The topological polar surface area (TPSA) is 75.6 Å². The first kappa shape index (κ1) is 18.7. The van der Waals surface area contributed by atoms with Gasteiger partial charge in [-0.2, -0.15) is 0 Å².